The molecule has 0 bridgehead atoms. The van der Waals surface area contributed by atoms with Crippen molar-refractivity contribution in [1.29, 1.82) is 0 Å². The van der Waals surface area contributed by atoms with Crippen molar-refractivity contribution in [2.75, 3.05) is 6.54 Å². The van der Waals surface area contributed by atoms with Crippen LogP contribution < -0.4 is 27.0 Å². The lowest BCUT2D eigenvalue weighted by molar-refractivity contribution is -0.142. The van der Waals surface area contributed by atoms with Gasteiger partial charge in [-0.15, -0.1) is 0 Å². The van der Waals surface area contributed by atoms with Crippen LogP contribution in [0.25, 0.3) is 0 Å². The molecule has 11 heteroatoms. The molecule has 36 heavy (non-hydrogen) atoms. The Morgan fingerprint density at radius 1 is 1.06 bits per heavy atom. The van der Waals surface area contributed by atoms with Gasteiger partial charge in [0.05, 0.1) is 6.04 Å². The fourth-order valence-electron chi connectivity index (χ4n) is 4.00. The molecule has 1 aromatic rings. The van der Waals surface area contributed by atoms with Crippen LogP contribution in [-0.4, -0.2) is 65.4 Å². The molecule has 1 fully saturated rings. The zero-order chi connectivity index (χ0) is 26.7. The van der Waals surface area contributed by atoms with Gasteiger partial charge in [0, 0.05) is 12.8 Å². The molecule has 1 aliphatic heterocycles. The van der Waals surface area contributed by atoms with Crippen molar-refractivity contribution in [3.8, 4) is 0 Å². The topological polar surface area (TPSA) is 180 Å². The van der Waals surface area contributed by atoms with Gasteiger partial charge in [-0.1, -0.05) is 50.6 Å². The summed E-state index contributed by atoms with van der Waals surface area (Å²) in [4.78, 5) is 62.1. The highest BCUT2D eigenvalue weighted by molar-refractivity contribution is 5.94. The van der Waals surface area contributed by atoms with Gasteiger partial charge >= 0.3 is 5.97 Å². The van der Waals surface area contributed by atoms with Crippen molar-refractivity contribution in [3.05, 3.63) is 35.9 Å². The molecule has 0 radical (unpaired) electrons. The van der Waals surface area contributed by atoms with Gasteiger partial charge in [-0.2, -0.15) is 0 Å². The third kappa shape index (κ3) is 8.95. The van der Waals surface area contributed by atoms with Crippen molar-refractivity contribution in [2.45, 2.75) is 76.5 Å². The second-order valence-corrected chi connectivity index (χ2v) is 9.18. The Bertz CT molecular complexity index is 919. The minimum Gasteiger partial charge on any atom is -0.480 e. The van der Waals surface area contributed by atoms with E-state index in [0.717, 1.165) is 12.0 Å². The first kappa shape index (κ1) is 28.8. The Hall–Kier alpha value is -3.47. The van der Waals surface area contributed by atoms with Crippen molar-refractivity contribution >= 4 is 29.6 Å². The number of carbonyl (C=O) groups excluding carboxylic acids is 4. The van der Waals surface area contributed by atoms with Gasteiger partial charge in [0.15, 0.2) is 0 Å². The molecule has 0 aromatic heterocycles. The van der Waals surface area contributed by atoms with E-state index in [-0.39, 0.29) is 31.1 Å². The third-order valence-corrected chi connectivity index (χ3v) is 6.38. The lowest BCUT2D eigenvalue weighted by Gasteiger charge is -2.28. The van der Waals surface area contributed by atoms with E-state index in [1.165, 1.54) is 0 Å². The van der Waals surface area contributed by atoms with Crippen molar-refractivity contribution in [1.82, 2.24) is 21.3 Å². The summed E-state index contributed by atoms with van der Waals surface area (Å²) in [6.45, 7) is 4.30. The predicted molar refractivity (Wildman–Crippen MR) is 132 cm³/mol. The number of aliphatic carboxylic acids is 1. The smallest absolute Gasteiger partial charge is 0.326 e. The van der Waals surface area contributed by atoms with Crippen LogP contribution >= 0.6 is 0 Å². The Kier molecular flexibility index (Phi) is 11.3. The van der Waals surface area contributed by atoms with E-state index in [0.29, 0.717) is 19.4 Å². The fourth-order valence-corrected chi connectivity index (χ4v) is 4.00. The third-order valence-electron chi connectivity index (χ3n) is 6.38. The predicted octanol–water partition coefficient (Wildman–Crippen LogP) is -0.168. The fraction of sp³-hybridized carbons (Fsp3) is 0.560. The highest BCUT2D eigenvalue weighted by Crippen LogP contribution is 2.12. The summed E-state index contributed by atoms with van der Waals surface area (Å²) in [6, 6.07) is 5.15. The molecule has 0 aliphatic carbocycles. The Morgan fingerprint density at radius 3 is 2.31 bits per heavy atom. The number of carboxylic acids is 1. The number of rotatable bonds is 14. The van der Waals surface area contributed by atoms with E-state index in [9.17, 15) is 29.1 Å². The van der Waals surface area contributed by atoms with Crippen molar-refractivity contribution in [3.63, 3.8) is 0 Å². The molecule has 11 nitrogen and oxygen atoms in total. The number of nitrogens with two attached hydrogens (primary N) is 1. The second kappa shape index (κ2) is 14.2. The highest BCUT2D eigenvalue weighted by Gasteiger charge is 2.33. The molecule has 1 heterocycles. The summed E-state index contributed by atoms with van der Waals surface area (Å²) < 4.78 is 0. The molecular formula is C25H37N5O6. The second-order valence-electron chi connectivity index (χ2n) is 9.18. The van der Waals surface area contributed by atoms with Crippen molar-refractivity contribution in [2.24, 2.45) is 11.7 Å². The van der Waals surface area contributed by atoms with Crippen LogP contribution in [0.4, 0.5) is 0 Å². The summed E-state index contributed by atoms with van der Waals surface area (Å²) in [5.41, 5.74) is 5.98. The summed E-state index contributed by atoms with van der Waals surface area (Å²) in [6.07, 6.45) is 1.91. The minimum atomic E-state index is -1.20. The van der Waals surface area contributed by atoms with Crippen LogP contribution in [0.15, 0.2) is 30.3 Å². The zero-order valence-electron chi connectivity index (χ0n) is 20.8. The number of nitrogens with one attached hydrogen (secondary N) is 4. The first-order valence-corrected chi connectivity index (χ1v) is 12.3. The number of hydrogen-bond donors (Lipinski definition) is 6. The SMILES string of the molecule is CCC(C)C(NC(=O)C(CCC(N)=O)NC(=O)C1CCCN1)C(=O)NC(Cc1ccccc1)C(=O)O. The first-order chi connectivity index (χ1) is 17.1. The van der Waals surface area contributed by atoms with E-state index in [2.05, 4.69) is 21.3 Å². The van der Waals surface area contributed by atoms with Crippen LogP contribution in [0.2, 0.25) is 0 Å². The van der Waals surface area contributed by atoms with Gasteiger partial charge in [-0.25, -0.2) is 4.79 Å². The number of carbonyl (C=O) groups is 5. The normalized spacial score (nSPS) is 18.3. The van der Waals surface area contributed by atoms with Crippen LogP contribution in [0.1, 0.15) is 51.5 Å². The standard InChI is InChI=1S/C25H37N5O6/c1-3-15(2)21(24(34)29-19(25(35)36)14-16-8-5-4-6-9-16)30-23(33)18(11-12-20(26)31)28-22(32)17-10-7-13-27-17/h4-6,8-9,15,17-19,21,27H,3,7,10-14H2,1-2H3,(H2,26,31)(H,28,32)(H,29,34)(H,30,33)(H,35,36). The highest BCUT2D eigenvalue weighted by atomic mass is 16.4. The summed E-state index contributed by atoms with van der Waals surface area (Å²) >= 11 is 0. The molecule has 0 saturated carbocycles. The Morgan fingerprint density at radius 2 is 1.75 bits per heavy atom. The molecule has 198 valence electrons. The molecule has 0 spiro atoms. The van der Waals surface area contributed by atoms with Gasteiger partial charge in [-0.3, -0.25) is 19.2 Å². The minimum absolute atomic E-state index is 0.0275. The van der Waals surface area contributed by atoms with E-state index >= 15 is 0 Å². The van der Waals surface area contributed by atoms with E-state index in [1.54, 1.807) is 31.2 Å². The maximum Gasteiger partial charge on any atom is 0.326 e. The molecular weight excluding hydrogens is 466 g/mol. The molecule has 5 atom stereocenters. The molecule has 2 rings (SSSR count). The Labute approximate surface area is 211 Å². The summed E-state index contributed by atoms with van der Waals surface area (Å²) in [7, 11) is 0. The van der Waals surface area contributed by atoms with Crippen LogP contribution in [0.5, 0.6) is 0 Å². The number of carboxylic acid groups (broad SMARTS) is 1. The van der Waals surface area contributed by atoms with Crippen LogP contribution in [0, 0.1) is 5.92 Å². The quantitative estimate of drug-likeness (QED) is 0.204. The summed E-state index contributed by atoms with van der Waals surface area (Å²) in [5, 5.41) is 20.6. The van der Waals surface area contributed by atoms with Crippen LogP contribution in [-0.2, 0) is 30.4 Å². The zero-order valence-corrected chi connectivity index (χ0v) is 20.8. The molecule has 4 amide bonds. The van der Waals surface area contributed by atoms with E-state index < -0.39 is 47.9 Å². The van der Waals surface area contributed by atoms with Gasteiger partial charge in [0.25, 0.3) is 0 Å². The van der Waals surface area contributed by atoms with Gasteiger partial charge in [-0.05, 0) is 37.3 Å². The largest absolute Gasteiger partial charge is 0.480 e. The Balaban J connectivity index is 2.13. The van der Waals surface area contributed by atoms with Crippen LogP contribution in [0.3, 0.4) is 0 Å². The maximum atomic E-state index is 13.2. The van der Waals surface area contributed by atoms with Gasteiger partial charge in [0.2, 0.25) is 23.6 Å². The lowest BCUT2D eigenvalue weighted by Crippen LogP contribution is -2.58. The molecule has 1 aliphatic rings. The maximum absolute atomic E-state index is 13.2. The number of primary amides is 1. The van der Waals surface area contributed by atoms with Gasteiger partial charge < -0.3 is 32.1 Å². The molecule has 5 unspecified atom stereocenters. The molecule has 1 aromatic carbocycles. The van der Waals surface area contributed by atoms with Crippen molar-refractivity contribution < 1.29 is 29.1 Å². The van der Waals surface area contributed by atoms with E-state index in [1.807, 2.05) is 13.0 Å². The average molecular weight is 504 g/mol. The first-order valence-electron chi connectivity index (χ1n) is 12.3. The number of benzene rings is 1. The lowest BCUT2D eigenvalue weighted by atomic mass is 9.96. The molecule has 7 N–H and O–H groups in total. The van der Waals surface area contributed by atoms with Gasteiger partial charge in [0.1, 0.15) is 18.1 Å². The average Bonchev–Trinajstić information content (AvgIpc) is 3.39. The number of amides is 4. The number of hydrogen-bond acceptors (Lipinski definition) is 6. The monoisotopic (exact) mass is 503 g/mol. The summed E-state index contributed by atoms with van der Waals surface area (Å²) in [5.74, 6) is -3.80. The molecule has 1 saturated heterocycles. The van der Waals surface area contributed by atoms with E-state index in [4.69, 9.17) is 5.73 Å².